The third-order valence-electron chi connectivity index (χ3n) is 5.09. The van der Waals surface area contributed by atoms with Crippen molar-refractivity contribution in [2.24, 2.45) is 0 Å². The molecule has 1 saturated heterocycles. The van der Waals surface area contributed by atoms with Gasteiger partial charge < -0.3 is 19.7 Å². The van der Waals surface area contributed by atoms with Gasteiger partial charge in [-0.05, 0) is 55.3 Å². The van der Waals surface area contributed by atoms with E-state index in [-0.39, 0.29) is 5.91 Å². The Bertz CT molecular complexity index is 1040. The van der Waals surface area contributed by atoms with Crippen LogP contribution in [-0.2, 0) is 22.7 Å². The predicted molar refractivity (Wildman–Crippen MR) is 118 cm³/mol. The molecule has 3 aromatic rings. The monoisotopic (exact) mass is 418 g/mol. The molecule has 0 unspecified atom stereocenters. The van der Waals surface area contributed by atoms with Crippen LogP contribution in [0.4, 0.5) is 11.5 Å². The van der Waals surface area contributed by atoms with Crippen LogP contribution in [0.5, 0.6) is 11.5 Å². The van der Waals surface area contributed by atoms with Crippen molar-refractivity contribution in [3.63, 3.8) is 0 Å². The highest BCUT2D eigenvalue weighted by Crippen LogP contribution is 2.31. The topological polar surface area (TPSA) is 76.6 Å². The zero-order chi connectivity index (χ0) is 21.6. The number of nitrogens with one attached hydrogen (secondary N) is 1. The summed E-state index contributed by atoms with van der Waals surface area (Å²) in [5.41, 5.74) is 3.75. The van der Waals surface area contributed by atoms with Crippen molar-refractivity contribution in [2.75, 3.05) is 19.0 Å². The van der Waals surface area contributed by atoms with Crippen LogP contribution in [0.3, 0.4) is 0 Å². The lowest BCUT2D eigenvalue weighted by molar-refractivity contribution is -0.128. The Morgan fingerprint density at radius 3 is 2.68 bits per heavy atom. The largest absolute Gasteiger partial charge is 0.455 e. The lowest BCUT2D eigenvalue weighted by atomic mass is 10.1. The highest BCUT2D eigenvalue weighted by Gasteiger charge is 2.22. The molecule has 31 heavy (non-hydrogen) atoms. The molecule has 1 amide bonds. The van der Waals surface area contributed by atoms with Gasteiger partial charge in [0.25, 0.3) is 0 Å². The number of methoxy groups -OCH3 is 1. The van der Waals surface area contributed by atoms with Crippen LogP contribution in [0.2, 0.25) is 0 Å². The van der Waals surface area contributed by atoms with Crippen molar-refractivity contribution in [1.29, 1.82) is 0 Å². The molecule has 3 heterocycles. The molecule has 1 aliphatic rings. The van der Waals surface area contributed by atoms with E-state index < -0.39 is 0 Å². The number of nitrogens with zero attached hydrogens (tertiary/aromatic N) is 3. The first-order valence-corrected chi connectivity index (χ1v) is 10.3. The molecule has 0 bridgehead atoms. The molecule has 0 spiro atoms. The van der Waals surface area contributed by atoms with Crippen LogP contribution in [0.1, 0.15) is 29.7 Å². The van der Waals surface area contributed by atoms with Crippen molar-refractivity contribution >= 4 is 17.4 Å². The molecule has 1 fully saturated rings. The number of likely N-dealkylation sites (tertiary alicyclic amines) is 1. The SMILES string of the molecule is COCc1ccc(Oc2ccc(Nc3ccc(C)cn3)cc2CN2CCCC2=O)cn1. The number of hydrogen-bond acceptors (Lipinski definition) is 6. The van der Waals surface area contributed by atoms with E-state index in [0.717, 1.165) is 41.3 Å². The van der Waals surface area contributed by atoms with Crippen LogP contribution in [-0.4, -0.2) is 34.4 Å². The maximum Gasteiger partial charge on any atom is 0.222 e. The lowest BCUT2D eigenvalue weighted by Crippen LogP contribution is -2.24. The Balaban J connectivity index is 1.57. The van der Waals surface area contributed by atoms with E-state index in [0.29, 0.717) is 31.1 Å². The Hall–Kier alpha value is -3.45. The zero-order valence-electron chi connectivity index (χ0n) is 17.8. The predicted octanol–water partition coefficient (Wildman–Crippen LogP) is 4.59. The average Bonchev–Trinajstić information content (AvgIpc) is 3.17. The highest BCUT2D eigenvalue weighted by atomic mass is 16.5. The van der Waals surface area contributed by atoms with Gasteiger partial charge in [-0.1, -0.05) is 6.07 Å². The van der Waals surface area contributed by atoms with Gasteiger partial charge in [-0.15, -0.1) is 0 Å². The molecule has 1 N–H and O–H groups in total. The fourth-order valence-electron chi connectivity index (χ4n) is 3.48. The Kier molecular flexibility index (Phi) is 6.43. The number of anilines is 2. The minimum absolute atomic E-state index is 0.176. The van der Waals surface area contributed by atoms with Crippen LogP contribution < -0.4 is 10.1 Å². The van der Waals surface area contributed by atoms with Crippen molar-refractivity contribution in [3.8, 4) is 11.5 Å². The van der Waals surface area contributed by atoms with E-state index in [2.05, 4.69) is 15.3 Å². The normalized spacial score (nSPS) is 13.5. The van der Waals surface area contributed by atoms with Gasteiger partial charge in [0.1, 0.15) is 17.3 Å². The lowest BCUT2D eigenvalue weighted by Gasteiger charge is -2.19. The zero-order valence-corrected chi connectivity index (χ0v) is 17.8. The molecule has 2 aromatic heterocycles. The number of benzene rings is 1. The second-order valence-corrected chi connectivity index (χ2v) is 7.61. The molecule has 1 aliphatic heterocycles. The van der Waals surface area contributed by atoms with Gasteiger partial charge in [0, 0.05) is 44.1 Å². The minimum Gasteiger partial charge on any atom is -0.455 e. The number of amides is 1. The second kappa shape index (κ2) is 9.57. The van der Waals surface area contributed by atoms with Gasteiger partial charge in [0.2, 0.25) is 5.91 Å². The van der Waals surface area contributed by atoms with Gasteiger partial charge in [0.05, 0.1) is 18.5 Å². The number of carbonyl (C=O) groups excluding carboxylic acids is 1. The molecule has 4 rings (SSSR count). The molecular formula is C24H26N4O3. The van der Waals surface area contributed by atoms with E-state index in [9.17, 15) is 4.79 Å². The molecule has 1 aromatic carbocycles. The van der Waals surface area contributed by atoms with Gasteiger partial charge in [-0.25, -0.2) is 4.98 Å². The van der Waals surface area contributed by atoms with Gasteiger partial charge >= 0.3 is 0 Å². The standard InChI is InChI=1S/C24H26N4O3/c1-17-5-10-23(26-13-17)27-19-7-9-22(18(12-19)15-28-11-3-4-24(28)29)31-21-8-6-20(16-30-2)25-14-21/h5-10,12-14H,3-4,11,15-16H2,1-2H3,(H,26,27). The summed E-state index contributed by atoms with van der Waals surface area (Å²) in [6.45, 7) is 3.73. The first-order chi connectivity index (χ1) is 15.1. The number of pyridine rings is 2. The Labute approximate surface area is 182 Å². The summed E-state index contributed by atoms with van der Waals surface area (Å²) in [4.78, 5) is 22.8. The number of rotatable bonds is 8. The fourth-order valence-corrected chi connectivity index (χ4v) is 3.48. The van der Waals surface area contributed by atoms with Crippen LogP contribution >= 0.6 is 0 Å². The molecule has 160 valence electrons. The molecular weight excluding hydrogens is 392 g/mol. The fraction of sp³-hybridized carbons (Fsp3) is 0.292. The molecule has 0 atom stereocenters. The van der Waals surface area contributed by atoms with Gasteiger partial charge in [-0.3, -0.25) is 9.78 Å². The number of hydrogen-bond donors (Lipinski definition) is 1. The van der Waals surface area contributed by atoms with Crippen LogP contribution in [0.25, 0.3) is 0 Å². The Morgan fingerprint density at radius 2 is 2.00 bits per heavy atom. The molecule has 7 nitrogen and oxygen atoms in total. The second-order valence-electron chi connectivity index (χ2n) is 7.61. The van der Waals surface area contributed by atoms with Crippen molar-refractivity contribution in [2.45, 2.75) is 32.9 Å². The maximum atomic E-state index is 12.2. The van der Waals surface area contributed by atoms with Gasteiger partial charge in [0.15, 0.2) is 0 Å². The smallest absolute Gasteiger partial charge is 0.222 e. The maximum absolute atomic E-state index is 12.2. The summed E-state index contributed by atoms with van der Waals surface area (Å²) >= 11 is 0. The molecule has 7 heteroatoms. The highest BCUT2D eigenvalue weighted by molar-refractivity contribution is 5.78. The van der Waals surface area contributed by atoms with Gasteiger partial charge in [-0.2, -0.15) is 0 Å². The van der Waals surface area contributed by atoms with Crippen LogP contribution in [0, 0.1) is 6.92 Å². The summed E-state index contributed by atoms with van der Waals surface area (Å²) in [7, 11) is 1.64. The van der Waals surface area contributed by atoms with Crippen molar-refractivity contribution in [3.05, 3.63) is 71.7 Å². The summed E-state index contributed by atoms with van der Waals surface area (Å²) in [6, 6.07) is 13.6. The van der Waals surface area contributed by atoms with E-state index in [1.807, 2.05) is 60.5 Å². The first kappa shape index (κ1) is 20.8. The summed E-state index contributed by atoms with van der Waals surface area (Å²) in [6.07, 6.45) is 5.00. The quantitative estimate of drug-likeness (QED) is 0.577. The third kappa shape index (κ3) is 5.38. The summed E-state index contributed by atoms with van der Waals surface area (Å²) < 4.78 is 11.2. The third-order valence-corrected chi connectivity index (χ3v) is 5.09. The Morgan fingerprint density at radius 1 is 1.10 bits per heavy atom. The molecule has 0 saturated carbocycles. The molecule has 0 radical (unpaired) electrons. The van der Waals surface area contributed by atoms with Crippen molar-refractivity contribution < 1.29 is 14.3 Å². The number of aromatic nitrogens is 2. The summed E-state index contributed by atoms with van der Waals surface area (Å²) in [5, 5.41) is 3.32. The minimum atomic E-state index is 0.176. The summed E-state index contributed by atoms with van der Waals surface area (Å²) in [5.74, 6) is 2.27. The number of aryl methyl sites for hydroxylation is 1. The van der Waals surface area contributed by atoms with E-state index >= 15 is 0 Å². The first-order valence-electron chi connectivity index (χ1n) is 10.3. The molecule has 0 aliphatic carbocycles. The van der Waals surface area contributed by atoms with E-state index in [4.69, 9.17) is 9.47 Å². The van der Waals surface area contributed by atoms with Crippen molar-refractivity contribution in [1.82, 2.24) is 14.9 Å². The van der Waals surface area contributed by atoms with E-state index in [1.165, 1.54) is 0 Å². The van der Waals surface area contributed by atoms with Crippen LogP contribution in [0.15, 0.2) is 54.9 Å². The average molecular weight is 418 g/mol. The number of carbonyl (C=O) groups is 1. The van der Waals surface area contributed by atoms with E-state index in [1.54, 1.807) is 13.3 Å². The number of ether oxygens (including phenoxy) is 2.